The summed E-state index contributed by atoms with van der Waals surface area (Å²) in [7, 11) is 0. The second-order valence-electron chi connectivity index (χ2n) is 8.76. The fraction of sp³-hybridized carbons (Fsp3) is 0.579. The van der Waals surface area contributed by atoms with Gasteiger partial charge in [-0.15, -0.1) is 5.10 Å². The molecular weight excluding hydrogens is 413 g/mol. The smallest absolute Gasteiger partial charge is 0.225 e. The number of alkyl halides is 1. The van der Waals surface area contributed by atoms with Gasteiger partial charge in [-0.25, -0.2) is 9.07 Å². The maximum absolute atomic E-state index is 14.2. The summed E-state index contributed by atoms with van der Waals surface area (Å²) in [5.74, 6) is 0.875. The van der Waals surface area contributed by atoms with Crippen molar-refractivity contribution >= 4 is 27.5 Å². The molecule has 0 aliphatic heterocycles. The fourth-order valence-electron chi connectivity index (χ4n) is 6.11. The summed E-state index contributed by atoms with van der Waals surface area (Å²) in [6.45, 7) is 0. The number of benzene rings is 1. The summed E-state index contributed by atoms with van der Waals surface area (Å²) < 4.78 is 15.9. The lowest BCUT2D eigenvalue weighted by Crippen LogP contribution is -2.53. The number of anilines is 1. The van der Waals surface area contributed by atoms with E-state index in [1.54, 1.807) is 12.1 Å². The zero-order valence-corrected chi connectivity index (χ0v) is 16.5. The molecule has 2 aromatic rings. The first-order chi connectivity index (χ1) is 12.9. The quantitative estimate of drug-likeness (QED) is 0.742. The van der Waals surface area contributed by atoms with Gasteiger partial charge >= 0.3 is 0 Å². The van der Waals surface area contributed by atoms with Gasteiger partial charge in [0.05, 0.1) is 11.4 Å². The molecule has 2 unspecified atom stereocenters. The van der Waals surface area contributed by atoms with Gasteiger partial charge in [-0.1, -0.05) is 15.9 Å². The van der Waals surface area contributed by atoms with Gasteiger partial charge in [0.1, 0.15) is 12.1 Å². The fourth-order valence-corrected chi connectivity index (χ4v) is 7.62. The molecule has 142 valence electrons. The Bertz CT molecular complexity index is 872. The molecule has 6 nitrogen and oxygen atoms in total. The van der Waals surface area contributed by atoms with Gasteiger partial charge in [0.25, 0.3) is 0 Å². The highest BCUT2D eigenvalue weighted by Gasteiger charge is 2.57. The molecule has 0 saturated heterocycles. The number of hydrogen-bond donors (Lipinski definition) is 1. The minimum atomic E-state index is -0.456. The van der Waals surface area contributed by atoms with Crippen LogP contribution < -0.4 is 5.32 Å². The van der Waals surface area contributed by atoms with Gasteiger partial charge in [-0.3, -0.25) is 4.79 Å². The van der Waals surface area contributed by atoms with Gasteiger partial charge in [0, 0.05) is 10.7 Å². The lowest BCUT2D eigenvalue weighted by atomic mass is 9.48. The minimum Gasteiger partial charge on any atom is -0.324 e. The molecular formula is C19H21BrFN5O. The van der Waals surface area contributed by atoms with Crippen molar-refractivity contribution in [1.29, 1.82) is 0 Å². The van der Waals surface area contributed by atoms with Gasteiger partial charge < -0.3 is 5.32 Å². The number of nitrogens with one attached hydrogen (secondary N) is 1. The Labute approximate surface area is 165 Å². The molecule has 0 radical (unpaired) electrons. The number of carbonyl (C=O) groups is 1. The highest BCUT2D eigenvalue weighted by atomic mass is 79.9. The SMILES string of the molecule is O=C(CC12CC3CC(CC(Br)(C3)C1)C2)Nc1cc(-n2cnnn2)ccc1F. The second-order valence-corrected chi connectivity index (χ2v) is 10.4. The molecule has 8 heteroatoms. The number of carbonyl (C=O) groups excluding carboxylic acids is 1. The average Bonchev–Trinajstić information content (AvgIpc) is 3.08. The van der Waals surface area contributed by atoms with E-state index in [0.717, 1.165) is 31.1 Å². The number of aromatic nitrogens is 4. The van der Waals surface area contributed by atoms with Crippen molar-refractivity contribution in [3.05, 3.63) is 30.3 Å². The van der Waals surface area contributed by atoms with E-state index < -0.39 is 5.82 Å². The van der Waals surface area contributed by atoms with E-state index >= 15 is 0 Å². The van der Waals surface area contributed by atoms with Gasteiger partial charge in [0.15, 0.2) is 0 Å². The maximum atomic E-state index is 14.2. The lowest BCUT2D eigenvalue weighted by molar-refractivity contribution is -0.123. The Morgan fingerprint density at radius 1 is 1.30 bits per heavy atom. The zero-order chi connectivity index (χ0) is 18.6. The molecule has 1 heterocycles. The van der Waals surface area contributed by atoms with Crippen LogP contribution in [0.5, 0.6) is 0 Å². The second kappa shape index (κ2) is 6.09. The maximum Gasteiger partial charge on any atom is 0.225 e. The molecule has 1 aromatic heterocycles. The van der Waals surface area contributed by atoms with Crippen molar-refractivity contribution in [2.75, 3.05) is 5.32 Å². The third kappa shape index (κ3) is 3.17. The minimum absolute atomic E-state index is 0.0571. The molecule has 4 aliphatic carbocycles. The van der Waals surface area contributed by atoms with Crippen molar-refractivity contribution in [3.63, 3.8) is 0 Å². The largest absolute Gasteiger partial charge is 0.324 e. The standard InChI is InChI=1S/C19H21BrFN5O/c20-19-7-12-3-13(8-19)6-18(5-12,10-19)9-17(27)23-16-4-14(1-2-15(16)21)26-11-22-24-25-26/h1-2,4,11-13H,3,5-10H2,(H,23,27). The average molecular weight is 434 g/mol. The van der Waals surface area contributed by atoms with Crippen LogP contribution in [0.1, 0.15) is 44.9 Å². The van der Waals surface area contributed by atoms with E-state index in [9.17, 15) is 9.18 Å². The van der Waals surface area contributed by atoms with E-state index in [-0.39, 0.29) is 21.3 Å². The Kier molecular flexibility index (Phi) is 3.90. The molecule has 27 heavy (non-hydrogen) atoms. The topological polar surface area (TPSA) is 72.7 Å². The van der Waals surface area contributed by atoms with Crippen LogP contribution >= 0.6 is 15.9 Å². The van der Waals surface area contributed by atoms with Crippen molar-refractivity contribution in [2.24, 2.45) is 17.3 Å². The number of amides is 1. The summed E-state index contributed by atoms with van der Waals surface area (Å²) >= 11 is 3.98. The van der Waals surface area contributed by atoms with E-state index in [1.165, 1.54) is 36.3 Å². The first-order valence-corrected chi connectivity index (χ1v) is 10.2. The molecule has 4 saturated carbocycles. The number of halogens is 2. The van der Waals surface area contributed by atoms with Crippen molar-refractivity contribution in [2.45, 2.75) is 49.3 Å². The monoisotopic (exact) mass is 433 g/mol. The number of tetrazole rings is 1. The molecule has 6 rings (SSSR count). The first-order valence-electron chi connectivity index (χ1n) is 9.44. The highest BCUT2D eigenvalue weighted by molar-refractivity contribution is 9.10. The van der Waals surface area contributed by atoms with Crippen LogP contribution in [0.4, 0.5) is 10.1 Å². The molecule has 2 atom stereocenters. The Morgan fingerprint density at radius 3 is 2.74 bits per heavy atom. The Hall–Kier alpha value is -1.83. The molecule has 1 aromatic carbocycles. The van der Waals surface area contributed by atoms with Crippen molar-refractivity contribution in [1.82, 2.24) is 20.2 Å². The number of rotatable bonds is 4. The van der Waals surface area contributed by atoms with Crippen LogP contribution in [-0.4, -0.2) is 30.4 Å². The lowest BCUT2D eigenvalue weighted by Gasteiger charge is -2.60. The van der Waals surface area contributed by atoms with E-state index in [0.29, 0.717) is 12.1 Å². The van der Waals surface area contributed by atoms with Crippen LogP contribution in [0.15, 0.2) is 24.5 Å². The van der Waals surface area contributed by atoms with Gasteiger partial charge in [-0.05, 0) is 84.4 Å². The zero-order valence-electron chi connectivity index (χ0n) is 14.9. The van der Waals surface area contributed by atoms with Crippen molar-refractivity contribution in [3.8, 4) is 5.69 Å². The van der Waals surface area contributed by atoms with Crippen LogP contribution in [0.2, 0.25) is 0 Å². The normalized spacial score (nSPS) is 34.0. The first kappa shape index (κ1) is 17.3. The van der Waals surface area contributed by atoms with E-state index in [4.69, 9.17) is 0 Å². The van der Waals surface area contributed by atoms with E-state index in [2.05, 4.69) is 36.8 Å². The van der Waals surface area contributed by atoms with Gasteiger partial charge in [0.2, 0.25) is 5.91 Å². The molecule has 4 fully saturated rings. The summed E-state index contributed by atoms with van der Waals surface area (Å²) in [5.41, 5.74) is 0.832. The summed E-state index contributed by atoms with van der Waals surface area (Å²) in [6, 6.07) is 4.47. The molecule has 1 amide bonds. The Balaban J connectivity index is 1.34. The Morgan fingerprint density at radius 2 is 2.07 bits per heavy atom. The summed E-state index contributed by atoms with van der Waals surface area (Å²) in [4.78, 5) is 12.8. The van der Waals surface area contributed by atoms with Crippen LogP contribution in [-0.2, 0) is 4.79 Å². The van der Waals surface area contributed by atoms with E-state index in [1.807, 2.05) is 0 Å². The summed E-state index contributed by atoms with van der Waals surface area (Å²) in [6.07, 6.45) is 8.96. The summed E-state index contributed by atoms with van der Waals surface area (Å²) in [5, 5.41) is 13.8. The van der Waals surface area contributed by atoms with Gasteiger partial charge in [-0.2, -0.15) is 0 Å². The number of hydrogen-bond acceptors (Lipinski definition) is 4. The predicted molar refractivity (Wildman–Crippen MR) is 101 cm³/mol. The van der Waals surface area contributed by atoms with Crippen LogP contribution in [0.3, 0.4) is 0 Å². The third-order valence-electron chi connectivity index (χ3n) is 6.48. The molecule has 0 spiro atoms. The third-order valence-corrected chi connectivity index (χ3v) is 7.41. The molecule has 4 bridgehead atoms. The van der Waals surface area contributed by atoms with Crippen molar-refractivity contribution < 1.29 is 9.18 Å². The molecule has 1 N–H and O–H groups in total. The van der Waals surface area contributed by atoms with Crippen LogP contribution in [0, 0.1) is 23.1 Å². The van der Waals surface area contributed by atoms with Crippen LogP contribution in [0.25, 0.3) is 5.69 Å². The highest BCUT2D eigenvalue weighted by Crippen LogP contribution is 2.65. The predicted octanol–water partition coefficient (Wildman–Crippen LogP) is 3.86. The number of nitrogens with zero attached hydrogens (tertiary/aromatic N) is 4. The molecule has 4 aliphatic rings.